The Kier molecular flexibility index (Phi) is 7.28. The first-order valence-electron chi connectivity index (χ1n) is 13.1. The van der Waals surface area contributed by atoms with Crippen molar-refractivity contribution in [2.45, 2.75) is 70.3 Å². The van der Waals surface area contributed by atoms with Gasteiger partial charge in [0.15, 0.2) is 6.23 Å². The van der Waals surface area contributed by atoms with E-state index in [0.717, 1.165) is 12.1 Å². The van der Waals surface area contributed by atoms with Crippen LogP contribution < -0.4 is 16.4 Å². The number of carbonyl (C=O) groups is 1. The van der Waals surface area contributed by atoms with Crippen LogP contribution in [0.2, 0.25) is 0 Å². The zero-order valence-electron chi connectivity index (χ0n) is 22.3. The van der Waals surface area contributed by atoms with E-state index in [1.165, 1.54) is 11.9 Å². The number of hydrogen-bond donors (Lipinski definition) is 4. The number of urea groups is 1. The van der Waals surface area contributed by atoms with Gasteiger partial charge >= 0.3 is 6.03 Å². The number of rotatable bonds is 6. The Morgan fingerprint density at radius 2 is 1.95 bits per heavy atom. The van der Waals surface area contributed by atoms with Gasteiger partial charge < -0.3 is 35.5 Å². The lowest BCUT2D eigenvalue weighted by Gasteiger charge is -2.39. The number of carbonyl (C=O) groups excluding carboxylic acids is 1. The highest BCUT2D eigenvalue weighted by atomic mass is 16.6. The van der Waals surface area contributed by atoms with Crippen molar-refractivity contribution in [1.29, 1.82) is 0 Å². The van der Waals surface area contributed by atoms with Crippen LogP contribution in [0.1, 0.15) is 45.9 Å². The maximum absolute atomic E-state index is 12.3. The summed E-state index contributed by atoms with van der Waals surface area (Å²) >= 11 is 0. The van der Waals surface area contributed by atoms with Gasteiger partial charge in [-0.2, -0.15) is 0 Å². The summed E-state index contributed by atoms with van der Waals surface area (Å²) < 4.78 is 14.2. The van der Waals surface area contributed by atoms with E-state index < -0.39 is 18.4 Å². The van der Waals surface area contributed by atoms with E-state index in [4.69, 9.17) is 15.2 Å². The number of aliphatic hydroxyl groups is 1. The summed E-state index contributed by atoms with van der Waals surface area (Å²) in [5.74, 6) is 0.385. The van der Waals surface area contributed by atoms with Crippen LogP contribution >= 0.6 is 0 Å². The van der Waals surface area contributed by atoms with Crippen molar-refractivity contribution in [3.8, 4) is 0 Å². The maximum atomic E-state index is 12.3. The average molecular weight is 524 g/mol. The number of nitrogen functional groups attached to an aromatic ring is 1. The van der Waals surface area contributed by atoms with E-state index in [9.17, 15) is 9.90 Å². The molecule has 2 aromatic heterocycles. The lowest BCUT2D eigenvalue weighted by atomic mass is 9.87. The molecule has 2 aliphatic rings. The molecule has 0 bridgehead atoms. The summed E-state index contributed by atoms with van der Waals surface area (Å²) in [5, 5.41) is 17.5. The first-order chi connectivity index (χ1) is 18.1. The van der Waals surface area contributed by atoms with Crippen LogP contribution in [0.4, 0.5) is 16.3 Å². The number of nitrogens with zero attached hydrogens (tertiary/aromatic N) is 4. The molecule has 2 fully saturated rings. The van der Waals surface area contributed by atoms with E-state index in [0.29, 0.717) is 36.5 Å². The minimum absolute atomic E-state index is 0.0682. The Morgan fingerprint density at radius 1 is 1.18 bits per heavy atom. The first-order valence-corrected chi connectivity index (χ1v) is 13.1. The molecule has 0 aliphatic carbocycles. The highest BCUT2D eigenvalue weighted by Crippen LogP contribution is 2.37. The molecule has 4 heterocycles. The van der Waals surface area contributed by atoms with E-state index in [1.807, 2.05) is 37.3 Å². The van der Waals surface area contributed by atoms with Crippen LogP contribution in [-0.4, -0.2) is 74.7 Å². The van der Waals surface area contributed by atoms with E-state index >= 15 is 0 Å². The zero-order chi connectivity index (χ0) is 27.0. The zero-order valence-corrected chi connectivity index (χ0v) is 22.3. The molecular formula is C27H37N7O4. The summed E-state index contributed by atoms with van der Waals surface area (Å²) in [7, 11) is 0. The smallest absolute Gasteiger partial charge is 0.319 e. The number of aliphatic hydroxyl groups excluding tert-OH is 1. The molecule has 11 heteroatoms. The van der Waals surface area contributed by atoms with Crippen molar-refractivity contribution in [1.82, 2.24) is 24.8 Å². The highest BCUT2D eigenvalue weighted by molar-refractivity contribution is 5.89. The summed E-state index contributed by atoms with van der Waals surface area (Å²) in [6.45, 7) is 10.3. The van der Waals surface area contributed by atoms with Crippen LogP contribution in [0, 0.1) is 0 Å². The second kappa shape index (κ2) is 10.5. The molecule has 0 saturated carbocycles. The SMILES string of the molecule is CC1OC2C(CN1CCCNC(=O)Nc1ccc(C(C)(C)C)cc1)OC(n1ccc3c(N)ncnc31)C2O. The van der Waals surface area contributed by atoms with Crippen molar-refractivity contribution < 1.29 is 19.4 Å². The fraction of sp³-hybridized carbons (Fsp3) is 0.519. The second-order valence-corrected chi connectivity index (χ2v) is 11.0. The van der Waals surface area contributed by atoms with Crippen LogP contribution in [0.25, 0.3) is 11.0 Å². The number of amides is 2. The lowest BCUT2D eigenvalue weighted by Crippen LogP contribution is -2.54. The molecule has 204 valence electrons. The third-order valence-corrected chi connectivity index (χ3v) is 7.32. The molecule has 2 saturated heterocycles. The topological polar surface area (TPSA) is 140 Å². The molecule has 1 aromatic carbocycles. The number of nitrogens with two attached hydrogens (primary N) is 1. The molecule has 38 heavy (non-hydrogen) atoms. The quantitative estimate of drug-likeness (QED) is 0.362. The molecule has 5 rings (SSSR count). The van der Waals surface area contributed by atoms with E-state index in [1.54, 1.807) is 10.8 Å². The molecule has 5 atom stereocenters. The summed E-state index contributed by atoms with van der Waals surface area (Å²) in [4.78, 5) is 22.8. The fourth-order valence-electron chi connectivity index (χ4n) is 5.14. The van der Waals surface area contributed by atoms with Crippen molar-refractivity contribution in [3.63, 3.8) is 0 Å². The number of fused-ring (bicyclic) bond motifs is 2. The predicted octanol–water partition coefficient (Wildman–Crippen LogP) is 2.83. The molecule has 2 aliphatic heterocycles. The standard InChI is InChI=1S/C27H37N7O4/c1-16-33(12-5-11-29-26(36)32-18-8-6-17(7-9-18)27(2,3)4)14-20-22(37-16)21(35)25(38-20)34-13-10-19-23(28)30-15-31-24(19)34/h6-10,13,15-16,20-22,25,35H,5,11-12,14H2,1-4H3,(H2,28,30,31)(H2,29,32,36). The Labute approximate surface area is 222 Å². The van der Waals surface area contributed by atoms with Crippen molar-refractivity contribution >= 4 is 28.6 Å². The predicted molar refractivity (Wildman–Crippen MR) is 145 cm³/mol. The van der Waals surface area contributed by atoms with E-state index in [2.05, 4.69) is 46.3 Å². The van der Waals surface area contributed by atoms with Gasteiger partial charge in [0.25, 0.3) is 0 Å². The molecule has 5 N–H and O–H groups in total. The number of anilines is 2. The highest BCUT2D eigenvalue weighted by Gasteiger charge is 2.50. The van der Waals surface area contributed by atoms with Gasteiger partial charge in [0, 0.05) is 31.5 Å². The van der Waals surface area contributed by atoms with Crippen molar-refractivity contribution in [3.05, 3.63) is 48.4 Å². The minimum atomic E-state index is -0.848. The third-order valence-electron chi connectivity index (χ3n) is 7.32. The van der Waals surface area contributed by atoms with Gasteiger partial charge in [0.05, 0.1) is 5.39 Å². The Bertz CT molecular complexity index is 1270. The van der Waals surface area contributed by atoms with Gasteiger partial charge in [-0.1, -0.05) is 32.9 Å². The monoisotopic (exact) mass is 523 g/mol. The van der Waals surface area contributed by atoms with Gasteiger partial charge in [0.2, 0.25) is 0 Å². The summed E-state index contributed by atoms with van der Waals surface area (Å²) in [6, 6.07) is 9.51. The molecule has 0 spiro atoms. The van der Waals surface area contributed by atoms with Crippen LogP contribution in [0.5, 0.6) is 0 Å². The number of aromatic nitrogens is 3. The number of benzene rings is 1. The van der Waals surface area contributed by atoms with Crippen molar-refractivity contribution in [2.75, 3.05) is 30.7 Å². The molecule has 0 radical (unpaired) electrons. The summed E-state index contributed by atoms with van der Waals surface area (Å²) in [6.07, 6.45) is 1.53. The normalized spacial score (nSPS) is 25.9. The lowest BCUT2D eigenvalue weighted by molar-refractivity contribution is -0.176. The van der Waals surface area contributed by atoms with Crippen LogP contribution in [0.15, 0.2) is 42.9 Å². The Balaban J connectivity index is 1.11. The second-order valence-electron chi connectivity index (χ2n) is 11.0. The minimum Gasteiger partial charge on any atom is -0.386 e. The Morgan fingerprint density at radius 3 is 2.68 bits per heavy atom. The van der Waals surface area contributed by atoms with Gasteiger partial charge in [-0.3, -0.25) is 4.90 Å². The maximum Gasteiger partial charge on any atom is 0.319 e. The molecule has 11 nitrogen and oxygen atoms in total. The first kappa shape index (κ1) is 26.4. The summed E-state index contributed by atoms with van der Waals surface area (Å²) in [5.41, 5.74) is 8.62. The van der Waals surface area contributed by atoms with Gasteiger partial charge in [-0.05, 0) is 42.5 Å². The molecule has 3 aromatic rings. The van der Waals surface area contributed by atoms with E-state index in [-0.39, 0.29) is 23.8 Å². The van der Waals surface area contributed by atoms with Gasteiger partial charge in [-0.15, -0.1) is 0 Å². The molecular weight excluding hydrogens is 486 g/mol. The average Bonchev–Trinajstić information content (AvgIpc) is 3.43. The van der Waals surface area contributed by atoms with Gasteiger partial charge in [0.1, 0.15) is 42.3 Å². The van der Waals surface area contributed by atoms with Crippen LogP contribution in [-0.2, 0) is 14.9 Å². The largest absolute Gasteiger partial charge is 0.386 e. The number of hydrogen-bond acceptors (Lipinski definition) is 8. The van der Waals surface area contributed by atoms with Crippen LogP contribution in [0.3, 0.4) is 0 Å². The third kappa shape index (κ3) is 5.32. The number of nitrogens with one attached hydrogen (secondary N) is 2. The van der Waals surface area contributed by atoms with Crippen molar-refractivity contribution in [2.24, 2.45) is 0 Å². The molecule has 2 amide bonds. The van der Waals surface area contributed by atoms with Gasteiger partial charge in [-0.25, -0.2) is 14.8 Å². The number of ether oxygens (including phenoxy) is 2. The molecule has 5 unspecified atom stereocenters. The fourth-order valence-corrected chi connectivity index (χ4v) is 5.14. The Hall–Kier alpha value is -3.25.